The second kappa shape index (κ2) is 3.56. The molecule has 1 saturated heterocycles. The number of aromatic hydroxyl groups is 1. The maximum atomic E-state index is 9.76. The Labute approximate surface area is 88.9 Å². The summed E-state index contributed by atoms with van der Waals surface area (Å²) in [6.07, 6.45) is 1.52. The molecule has 0 saturated carbocycles. The average Bonchev–Trinajstić information content (AvgIpc) is 2.71. The minimum Gasteiger partial charge on any atom is -0.508 e. The highest BCUT2D eigenvalue weighted by atomic mass is 16.5. The van der Waals surface area contributed by atoms with E-state index in [1.807, 2.05) is 19.1 Å². The smallest absolute Gasteiger partial charge is 0.183 e. The van der Waals surface area contributed by atoms with Crippen LogP contribution in [-0.2, 0) is 10.3 Å². The number of hydrogen-bond acceptors (Lipinski definition) is 3. The summed E-state index contributed by atoms with van der Waals surface area (Å²) in [4.78, 5) is 0. The van der Waals surface area contributed by atoms with Gasteiger partial charge < -0.3 is 9.84 Å². The van der Waals surface area contributed by atoms with E-state index < -0.39 is 5.60 Å². The third-order valence-electron chi connectivity index (χ3n) is 2.79. The Kier molecular flexibility index (Phi) is 2.37. The van der Waals surface area contributed by atoms with Gasteiger partial charge in [-0.1, -0.05) is 11.6 Å². The van der Waals surface area contributed by atoms with Crippen molar-refractivity contribution in [1.29, 1.82) is 5.26 Å². The Hall–Kier alpha value is -1.53. The molecule has 1 fully saturated rings. The van der Waals surface area contributed by atoms with Gasteiger partial charge in [0.15, 0.2) is 5.60 Å². The van der Waals surface area contributed by atoms with Gasteiger partial charge in [0.2, 0.25) is 0 Å². The molecule has 3 nitrogen and oxygen atoms in total. The van der Waals surface area contributed by atoms with Crippen LogP contribution in [0.5, 0.6) is 5.75 Å². The van der Waals surface area contributed by atoms with Crippen molar-refractivity contribution in [1.82, 2.24) is 0 Å². The van der Waals surface area contributed by atoms with Crippen LogP contribution in [0.25, 0.3) is 0 Å². The minimum absolute atomic E-state index is 0.143. The fourth-order valence-corrected chi connectivity index (χ4v) is 1.97. The maximum Gasteiger partial charge on any atom is 0.183 e. The van der Waals surface area contributed by atoms with E-state index in [-0.39, 0.29) is 5.75 Å². The zero-order valence-corrected chi connectivity index (χ0v) is 8.66. The maximum absolute atomic E-state index is 9.76. The molecule has 1 unspecified atom stereocenters. The normalized spacial score (nSPS) is 25.1. The molecule has 1 aliphatic rings. The Bertz CT molecular complexity index is 414. The SMILES string of the molecule is Cc1ccc(O)c(C2(C#N)CCCO2)c1. The van der Waals surface area contributed by atoms with E-state index in [9.17, 15) is 10.4 Å². The molecule has 0 amide bonds. The van der Waals surface area contributed by atoms with Crippen LogP contribution < -0.4 is 0 Å². The number of nitriles is 1. The number of nitrogens with zero attached hydrogens (tertiary/aromatic N) is 1. The van der Waals surface area contributed by atoms with E-state index in [0.717, 1.165) is 12.0 Å². The molecule has 0 spiro atoms. The van der Waals surface area contributed by atoms with Gasteiger partial charge in [0.05, 0.1) is 0 Å². The second-order valence-corrected chi connectivity index (χ2v) is 3.91. The molecule has 0 bridgehead atoms. The molecule has 0 radical (unpaired) electrons. The largest absolute Gasteiger partial charge is 0.508 e. The quantitative estimate of drug-likeness (QED) is 0.761. The number of phenolic OH excluding ortho intramolecular Hbond substituents is 1. The van der Waals surface area contributed by atoms with Gasteiger partial charge in [0, 0.05) is 12.2 Å². The first-order valence-corrected chi connectivity index (χ1v) is 5.03. The Morgan fingerprint density at radius 2 is 2.33 bits per heavy atom. The van der Waals surface area contributed by atoms with E-state index >= 15 is 0 Å². The van der Waals surface area contributed by atoms with Gasteiger partial charge >= 0.3 is 0 Å². The van der Waals surface area contributed by atoms with Crippen LogP contribution in [0.2, 0.25) is 0 Å². The molecule has 0 aromatic heterocycles. The number of rotatable bonds is 1. The molecule has 0 aliphatic carbocycles. The van der Waals surface area contributed by atoms with Crippen LogP contribution in [-0.4, -0.2) is 11.7 Å². The summed E-state index contributed by atoms with van der Waals surface area (Å²) in [5.74, 6) is 0.143. The second-order valence-electron chi connectivity index (χ2n) is 3.91. The zero-order chi connectivity index (χ0) is 10.9. The monoisotopic (exact) mass is 203 g/mol. The van der Waals surface area contributed by atoms with Gasteiger partial charge in [0.25, 0.3) is 0 Å². The van der Waals surface area contributed by atoms with Gasteiger partial charge in [-0.15, -0.1) is 0 Å². The number of hydrogen-bond donors (Lipinski definition) is 1. The minimum atomic E-state index is -0.934. The highest BCUT2D eigenvalue weighted by Crippen LogP contribution is 2.40. The number of benzene rings is 1. The first-order chi connectivity index (χ1) is 7.18. The van der Waals surface area contributed by atoms with Gasteiger partial charge in [-0.05, 0) is 31.9 Å². The van der Waals surface area contributed by atoms with E-state index in [1.165, 1.54) is 0 Å². The van der Waals surface area contributed by atoms with Crippen LogP contribution >= 0.6 is 0 Å². The summed E-state index contributed by atoms with van der Waals surface area (Å²) in [6.45, 7) is 2.52. The summed E-state index contributed by atoms with van der Waals surface area (Å²) in [7, 11) is 0. The summed E-state index contributed by atoms with van der Waals surface area (Å²) in [6, 6.07) is 7.44. The van der Waals surface area contributed by atoms with E-state index in [1.54, 1.807) is 6.07 Å². The van der Waals surface area contributed by atoms with Crippen LogP contribution in [0.4, 0.5) is 0 Å². The fraction of sp³-hybridized carbons (Fsp3) is 0.417. The van der Waals surface area contributed by atoms with Crippen molar-refractivity contribution in [2.75, 3.05) is 6.61 Å². The van der Waals surface area contributed by atoms with Crippen molar-refractivity contribution in [2.24, 2.45) is 0 Å². The summed E-state index contributed by atoms with van der Waals surface area (Å²) in [5.41, 5.74) is 0.686. The number of phenols is 1. The molecular weight excluding hydrogens is 190 g/mol. The molecule has 1 aromatic rings. The summed E-state index contributed by atoms with van der Waals surface area (Å²) >= 11 is 0. The lowest BCUT2D eigenvalue weighted by Crippen LogP contribution is -2.22. The Morgan fingerprint density at radius 1 is 1.53 bits per heavy atom. The standard InChI is InChI=1S/C12H13NO2/c1-9-3-4-11(14)10(7-9)12(8-13)5-2-6-15-12/h3-4,7,14H,2,5-6H2,1H3. The molecule has 1 atom stereocenters. The molecule has 15 heavy (non-hydrogen) atoms. The van der Waals surface area contributed by atoms with Crippen molar-refractivity contribution in [2.45, 2.75) is 25.4 Å². The fourth-order valence-electron chi connectivity index (χ4n) is 1.97. The molecule has 1 heterocycles. The lowest BCUT2D eigenvalue weighted by molar-refractivity contribution is 0.0475. The predicted octanol–water partition coefficient (Wildman–Crippen LogP) is 2.23. The summed E-state index contributed by atoms with van der Waals surface area (Å²) < 4.78 is 5.49. The van der Waals surface area contributed by atoms with Gasteiger partial charge in [-0.2, -0.15) is 5.26 Å². The highest BCUT2D eigenvalue weighted by molar-refractivity contribution is 5.43. The zero-order valence-electron chi connectivity index (χ0n) is 8.66. The molecule has 3 heteroatoms. The number of aryl methyl sites for hydroxylation is 1. The van der Waals surface area contributed by atoms with Crippen molar-refractivity contribution >= 4 is 0 Å². The molecule has 1 N–H and O–H groups in total. The van der Waals surface area contributed by atoms with Gasteiger partial charge in [0.1, 0.15) is 11.8 Å². The summed E-state index contributed by atoms with van der Waals surface area (Å²) in [5, 5.41) is 19.0. The number of ether oxygens (including phenoxy) is 1. The lowest BCUT2D eigenvalue weighted by Gasteiger charge is -2.21. The van der Waals surface area contributed by atoms with Crippen molar-refractivity contribution in [3.05, 3.63) is 29.3 Å². The predicted molar refractivity (Wildman–Crippen MR) is 55.3 cm³/mol. The molecule has 2 rings (SSSR count). The molecule has 1 aromatic carbocycles. The van der Waals surface area contributed by atoms with E-state index in [2.05, 4.69) is 6.07 Å². The van der Waals surface area contributed by atoms with Crippen molar-refractivity contribution in [3.63, 3.8) is 0 Å². The van der Waals surface area contributed by atoms with Crippen LogP contribution in [0.3, 0.4) is 0 Å². The van der Waals surface area contributed by atoms with Crippen molar-refractivity contribution < 1.29 is 9.84 Å². The Balaban J connectivity index is 2.52. The van der Waals surface area contributed by atoms with Crippen LogP contribution in [0.1, 0.15) is 24.0 Å². The first-order valence-electron chi connectivity index (χ1n) is 5.03. The van der Waals surface area contributed by atoms with Crippen molar-refractivity contribution in [3.8, 4) is 11.8 Å². The topological polar surface area (TPSA) is 53.2 Å². The van der Waals surface area contributed by atoms with Gasteiger partial charge in [-0.3, -0.25) is 0 Å². The molecular formula is C12H13NO2. The van der Waals surface area contributed by atoms with E-state index in [0.29, 0.717) is 18.6 Å². The Morgan fingerprint density at radius 3 is 2.93 bits per heavy atom. The first kappa shape index (κ1) is 10.0. The third-order valence-corrected chi connectivity index (χ3v) is 2.79. The molecule has 78 valence electrons. The average molecular weight is 203 g/mol. The van der Waals surface area contributed by atoms with Crippen LogP contribution in [0.15, 0.2) is 18.2 Å². The van der Waals surface area contributed by atoms with Crippen LogP contribution in [0, 0.1) is 18.3 Å². The van der Waals surface area contributed by atoms with Gasteiger partial charge in [-0.25, -0.2) is 0 Å². The van der Waals surface area contributed by atoms with E-state index in [4.69, 9.17) is 4.74 Å². The lowest BCUT2D eigenvalue weighted by atomic mass is 9.90. The highest BCUT2D eigenvalue weighted by Gasteiger charge is 2.39. The third kappa shape index (κ3) is 1.57. The molecule has 1 aliphatic heterocycles.